The topological polar surface area (TPSA) is 88.2 Å². The first-order valence-corrected chi connectivity index (χ1v) is 9.79. The van der Waals surface area contributed by atoms with Crippen LogP contribution >= 0.6 is 0 Å². The third-order valence-electron chi connectivity index (χ3n) is 5.63. The smallest absolute Gasteiger partial charge is 0.254 e. The minimum absolute atomic E-state index is 0.00729. The van der Waals surface area contributed by atoms with Gasteiger partial charge in [0.25, 0.3) is 5.91 Å². The second-order valence-corrected chi connectivity index (χ2v) is 7.52. The molecule has 0 aromatic heterocycles. The van der Waals surface area contributed by atoms with Crippen molar-refractivity contribution in [3.63, 3.8) is 0 Å². The Morgan fingerprint density at radius 3 is 2.54 bits per heavy atom. The van der Waals surface area contributed by atoms with Crippen molar-refractivity contribution in [1.29, 1.82) is 0 Å². The van der Waals surface area contributed by atoms with Crippen molar-refractivity contribution < 1.29 is 23.9 Å². The Labute approximate surface area is 163 Å². The summed E-state index contributed by atoms with van der Waals surface area (Å²) >= 11 is 0. The fraction of sp³-hybridized carbons (Fsp3) is 0.550. The van der Waals surface area contributed by atoms with Gasteiger partial charge in [0.05, 0.1) is 0 Å². The highest BCUT2D eigenvalue weighted by molar-refractivity contribution is 5.98. The number of fused-ring (bicyclic) bond motifs is 1. The van der Waals surface area contributed by atoms with Gasteiger partial charge in [-0.25, -0.2) is 0 Å². The molecule has 3 amide bonds. The van der Waals surface area contributed by atoms with Gasteiger partial charge in [0, 0.05) is 38.2 Å². The molecule has 3 aliphatic rings. The molecule has 28 heavy (non-hydrogen) atoms. The highest BCUT2D eigenvalue weighted by atomic mass is 16.7. The molecule has 2 saturated heterocycles. The van der Waals surface area contributed by atoms with Crippen LogP contribution < -0.4 is 14.8 Å². The van der Waals surface area contributed by atoms with Crippen molar-refractivity contribution in [2.24, 2.45) is 0 Å². The monoisotopic (exact) mass is 387 g/mol. The van der Waals surface area contributed by atoms with E-state index >= 15 is 0 Å². The minimum Gasteiger partial charge on any atom is -0.454 e. The van der Waals surface area contributed by atoms with Gasteiger partial charge in [-0.15, -0.1) is 0 Å². The van der Waals surface area contributed by atoms with E-state index in [0.29, 0.717) is 43.1 Å². The van der Waals surface area contributed by atoms with Crippen molar-refractivity contribution in [2.45, 2.75) is 44.7 Å². The summed E-state index contributed by atoms with van der Waals surface area (Å²) < 4.78 is 10.7. The van der Waals surface area contributed by atoms with Gasteiger partial charge in [-0.2, -0.15) is 0 Å². The first-order valence-electron chi connectivity index (χ1n) is 9.79. The normalized spacial score (nSPS) is 21.7. The molecule has 1 atom stereocenters. The number of carbonyl (C=O) groups excluding carboxylic acids is 3. The number of rotatable bonds is 3. The molecule has 0 bridgehead atoms. The Morgan fingerprint density at radius 2 is 1.79 bits per heavy atom. The van der Waals surface area contributed by atoms with Crippen LogP contribution in [0, 0.1) is 0 Å². The summed E-state index contributed by atoms with van der Waals surface area (Å²) in [5.74, 6) is 1.01. The fourth-order valence-electron chi connectivity index (χ4n) is 4.20. The Balaban J connectivity index is 1.41. The maximum atomic E-state index is 13.1. The van der Waals surface area contributed by atoms with Gasteiger partial charge in [-0.05, 0) is 43.9 Å². The van der Waals surface area contributed by atoms with E-state index in [-0.39, 0.29) is 30.6 Å². The number of amides is 3. The second kappa shape index (κ2) is 7.69. The average molecular weight is 387 g/mol. The van der Waals surface area contributed by atoms with E-state index in [4.69, 9.17) is 9.47 Å². The zero-order chi connectivity index (χ0) is 19.7. The lowest BCUT2D eigenvalue weighted by molar-refractivity contribution is -0.136. The van der Waals surface area contributed by atoms with Crippen molar-refractivity contribution in [2.75, 3.05) is 26.4 Å². The van der Waals surface area contributed by atoms with E-state index in [1.165, 1.54) is 6.92 Å². The third kappa shape index (κ3) is 3.63. The number of hydrogen-bond donors (Lipinski definition) is 1. The van der Waals surface area contributed by atoms with Gasteiger partial charge in [0.2, 0.25) is 18.6 Å². The maximum absolute atomic E-state index is 13.1. The number of ether oxygens (including phenoxy) is 2. The lowest BCUT2D eigenvalue weighted by Gasteiger charge is -2.35. The van der Waals surface area contributed by atoms with E-state index < -0.39 is 6.04 Å². The van der Waals surface area contributed by atoms with Gasteiger partial charge < -0.3 is 24.6 Å². The predicted octanol–water partition coefficient (Wildman–Crippen LogP) is 1.15. The Morgan fingerprint density at radius 1 is 1.04 bits per heavy atom. The van der Waals surface area contributed by atoms with Crippen LogP contribution in [0.4, 0.5) is 0 Å². The molecular formula is C20H25N3O5. The molecule has 8 heteroatoms. The molecule has 3 aliphatic heterocycles. The first kappa shape index (κ1) is 18.6. The van der Waals surface area contributed by atoms with Gasteiger partial charge in [0.1, 0.15) is 6.04 Å². The quantitative estimate of drug-likeness (QED) is 0.841. The zero-order valence-electron chi connectivity index (χ0n) is 16.0. The van der Waals surface area contributed by atoms with E-state index in [2.05, 4.69) is 5.32 Å². The molecule has 3 heterocycles. The largest absolute Gasteiger partial charge is 0.454 e. The van der Waals surface area contributed by atoms with E-state index in [1.807, 2.05) is 4.90 Å². The summed E-state index contributed by atoms with van der Waals surface area (Å²) in [7, 11) is 0. The Bertz CT molecular complexity index is 788. The van der Waals surface area contributed by atoms with Crippen LogP contribution in [0.2, 0.25) is 0 Å². The van der Waals surface area contributed by atoms with Gasteiger partial charge in [-0.3, -0.25) is 14.4 Å². The summed E-state index contributed by atoms with van der Waals surface area (Å²) in [6.45, 7) is 3.45. The molecule has 1 aromatic carbocycles. The minimum atomic E-state index is -0.421. The number of piperidine rings is 1. The van der Waals surface area contributed by atoms with Gasteiger partial charge >= 0.3 is 0 Å². The van der Waals surface area contributed by atoms with E-state index in [9.17, 15) is 14.4 Å². The molecule has 0 saturated carbocycles. The molecule has 0 aliphatic carbocycles. The molecular weight excluding hydrogens is 362 g/mol. The summed E-state index contributed by atoms with van der Waals surface area (Å²) in [5.41, 5.74) is 0.508. The zero-order valence-corrected chi connectivity index (χ0v) is 16.0. The maximum Gasteiger partial charge on any atom is 0.254 e. The van der Waals surface area contributed by atoms with E-state index in [0.717, 1.165) is 19.3 Å². The number of benzene rings is 1. The van der Waals surface area contributed by atoms with Gasteiger partial charge in [0.15, 0.2) is 11.5 Å². The molecule has 1 unspecified atom stereocenters. The standard InChI is InChI=1S/C20H25N3O5/c1-13(24)21-15-6-9-22(10-7-15)20(26)16-3-2-8-23(16)19(25)14-4-5-17-18(11-14)28-12-27-17/h4-5,11,15-16H,2-3,6-10,12H2,1H3,(H,21,24). The van der Waals surface area contributed by atoms with Crippen molar-refractivity contribution >= 4 is 17.7 Å². The van der Waals surface area contributed by atoms with Crippen molar-refractivity contribution in [3.05, 3.63) is 23.8 Å². The van der Waals surface area contributed by atoms with Crippen LogP contribution in [-0.2, 0) is 9.59 Å². The molecule has 1 N–H and O–H groups in total. The average Bonchev–Trinajstić information content (AvgIpc) is 3.35. The van der Waals surface area contributed by atoms with Crippen molar-refractivity contribution in [3.8, 4) is 11.5 Å². The van der Waals surface area contributed by atoms with Gasteiger partial charge in [-0.1, -0.05) is 0 Å². The summed E-state index contributed by atoms with van der Waals surface area (Å²) in [6.07, 6.45) is 2.98. The fourth-order valence-corrected chi connectivity index (χ4v) is 4.20. The summed E-state index contributed by atoms with van der Waals surface area (Å²) in [5, 5.41) is 2.92. The summed E-state index contributed by atoms with van der Waals surface area (Å²) in [4.78, 5) is 40.8. The Hall–Kier alpha value is -2.77. The molecule has 0 radical (unpaired) electrons. The number of hydrogen-bond acceptors (Lipinski definition) is 5. The number of likely N-dealkylation sites (tertiary alicyclic amines) is 2. The van der Waals surface area contributed by atoms with Crippen LogP contribution in [0.1, 0.15) is 43.0 Å². The summed E-state index contributed by atoms with van der Waals surface area (Å²) in [6, 6.07) is 4.83. The third-order valence-corrected chi connectivity index (χ3v) is 5.63. The number of nitrogens with one attached hydrogen (secondary N) is 1. The molecule has 150 valence electrons. The molecule has 2 fully saturated rings. The lowest BCUT2D eigenvalue weighted by Crippen LogP contribution is -2.52. The Kier molecular flexibility index (Phi) is 5.11. The number of carbonyl (C=O) groups is 3. The van der Waals surface area contributed by atoms with Crippen LogP contribution in [-0.4, -0.2) is 66.0 Å². The van der Waals surface area contributed by atoms with Crippen LogP contribution in [0.15, 0.2) is 18.2 Å². The predicted molar refractivity (Wildman–Crippen MR) is 100 cm³/mol. The molecule has 8 nitrogen and oxygen atoms in total. The van der Waals surface area contributed by atoms with E-state index in [1.54, 1.807) is 23.1 Å². The SMILES string of the molecule is CC(=O)NC1CCN(C(=O)C2CCCN2C(=O)c2ccc3c(c2)OCO3)CC1. The number of nitrogens with zero attached hydrogens (tertiary/aromatic N) is 2. The highest BCUT2D eigenvalue weighted by Crippen LogP contribution is 2.33. The molecule has 0 spiro atoms. The van der Waals surface area contributed by atoms with Crippen molar-refractivity contribution in [1.82, 2.24) is 15.1 Å². The van der Waals surface area contributed by atoms with Crippen LogP contribution in [0.5, 0.6) is 11.5 Å². The molecule has 4 rings (SSSR count). The molecule has 1 aromatic rings. The first-order chi connectivity index (χ1) is 13.5. The second-order valence-electron chi connectivity index (χ2n) is 7.52. The van der Waals surface area contributed by atoms with Crippen LogP contribution in [0.25, 0.3) is 0 Å². The highest BCUT2D eigenvalue weighted by Gasteiger charge is 2.38. The lowest BCUT2D eigenvalue weighted by atomic mass is 10.0. The van der Waals surface area contributed by atoms with Crippen LogP contribution in [0.3, 0.4) is 0 Å².